The minimum atomic E-state index is -1.84. The van der Waals surface area contributed by atoms with Gasteiger partial charge in [0, 0.05) is 17.2 Å². The van der Waals surface area contributed by atoms with Gasteiger partial charge in [0.25, 0.3) is 0 Å². The number of phenols is 2. The molecule has 3 fully saturated rings. The van der Waals surface area contributed by atoms with Gasteiger partial charge in [-0.05, 0) is 58.4 Å². The van der Waals surface area contributed by atoms with Crippen LogP contribution < -0.4 is 14.9 Å². The van der Waals surface area contributed by atoms with Crippen LogP contribution in [0.1, 0.15) is 33.3 Å². The average Bonchev–Trinajstić information content (AvgIpc) is 3.17. The first-order chi connectivity index (χ1) is 26.9. The Hall–Kier alpha value is -3.93. The molecule has 4 heterocycles. The molecule has 15 unspecified atom stereocenters. The Kier molecular flexibility index (Phi) is 12.8. The second kappa shape index (κ2) is 17.1. The molecule has 11 N–H and O–H groups in total. The van der Waals surface area contributed by atoms with Gasteiger partial charge in [-0.15, -0.1) is 0 Å². The summed E-state index contributed by atoms with van der Waals surface area (Å²) in [7, 11) is 0. The van der Waals surface area contributed by atoms with Crippen LogP contribution in [0.25, 0.3) is 22.3 Å². The molecule has 0 amide bonds. The molecular weight excluding hydrogens is 760 g/mol. The van der Waals surface area contributed by atoms with E-state index < -0.39 is 121 Å². The minimum Gasteiger partial charge on any atom is -0.508 e. The van der Waals surface area contributed by atoms with Gasteiger partial charge in [-0.3, -0.25) is 4.79 Å². The van der Waals surface area contributed by atoms with Gasteiger partial charge in [-0.2, -0.15) is 0 Å². The highest BCUT2D eigenvalue weighted by Gasteiger charge is 2.51. The standard InChI is InChI=1S/C38H48O19/c1-13(2)5-10-18-20(53-37-31(50)28(47)25(44)21(12-39)54-37)11-19(41)22-26(45)34(32(55-33(18)22)16-6-8-17(40)9-7-16)56-38-35(29(48)24(43)15(4)52-38)57-36-30(49)27(46)23(42)14(3)51-36/h5-9,11,14-15,21,23-25,27-31,35-44,46-50H,10,12H2,1-4H3. The summed E-state index contributed by atoms with van der Waals surface area (Å²) in [6, 6.07) is 6.38. The van der Waals surface area contributed by atoms with Crippen molar-refractivity contribution >= 4 is 11.0 Å². The molecule has 0 spiro atoms. The number of hydrogen-bond acceptors (Lipinski definition) is 19. The van der Waals surface area contributed by atoms with Crippen molar-refractivity contribution in [1.82, 2.24) is 0 Å². The van der Waals surface area contributed by atoms with Crippen molar-refractivity contribution in [2.75, 3.05) is 6.61 Å². The lowest BCUT2D eigenvalue weighted by Crippen LogP contribution is -2.63. The number of hydrogen-bond donors (Lipinski definition) is 11. The fraction of sp³-hybridized carbons (Fsp3) is 0.553. The maximum atomic E-state index is 14.6. The van der Waals surface area contributed by atoms with Crippen molar-refractivity contribution in [2.24, 2.45) is 0 Å². The quantitative estimate of drug-likeness (QED) is 0.105. The summed E-state index contributed by atoms with van der Waals surface area (Å²) in [5.41, 5.74) is -0.144. The number of benzene rings is 2. The first-order valence-electron chi connectivity index (χ1n) is 18.2. The topological polar surface area (TPSA) is 308 Å². The Balaban J connectivity index is 1.50. The van der Waals surface area contributed by atoms with Gasteiger partial charge in [-0.1, -0.05) is 11.6 Å². The predicted molar refractivity (Wildman–Crippen MR) is 193 cm³/mol. The van der Waals surface area contributed by atoms with E-state index in [9.17, 15) is 61.0 Å². The zero-order chi connectivity index (χ0) is 41.6. The summed E-state index contributed by atoms with van der Waals surface area (Å²) in [6.07, 6.45) is -22.4. The molecule has 3 saturated heterocycles. The smallest absolute Gasteiger partial charge is 0.239 e. The molecule has 0 aliphatic carbocycles. The molecule has 19 heteroatoms. The van der Waals surface area contributed by atoms with Crippen molar-refractivity contribution in [2.45, 2.75) is 126 Å². The summed E-state index contributed by atoms with van der Waals surface area (Å²) in [6.45, 7) is 5.64. The number of ether oxygens (including phenoxy) is 6. The number of aliphatic hydroxyl groups is 9. The fourth-order valence-corrected chi connectivity index (χ4v) is 6.80. The van der Waals surface area contributed by atoms with E-state index in [-0.39, 0.29) is 40.4 Å². The third kappa shape index (κ3) is 8.35. The van der Waals surface area contributed by atoms with Crippen LogP contribution in [0.4, 0.5) is 0 Å². The largest absolute Gasteiger partial charge is 0.508 e. The highest BCUT2D eigenvalue weighted by Crippen LogP contribution is 2.42. The summed E-state index contributed by atoms with van der Waals surface area (Å²) in [5.74, 6) is -1.96. The molecule has 1 aromatic heterocycles. The van der Waals surface area contributed by atoms with Crippen LogP contribution in [0.2, 0.25) is 0 Å². The van der Waals surface area contributed by atoms with E-state index in [1.807, 2.05) is 0 Å². The highest BCUT2D eigenvalue weighted by atomic mass is 16.8. The lowest BCUT2D eigenvalue weighted by atomic mass is 9.98. The maximum Gasteiger partial charge on any atom is 0.239 e. The average molecular weight is 809 g/mol. The Morgan fingerprint density at radius 3 is 1.96 bits per heavy atom. The number of aromatic hydroxyl groups is 2. The third-order valence-corrected chi connectivity index (χ3v) is 10.2. The van der Waals surface area contributed by atoms with Crippen molar-refractivity contribution in [3.8, 4) is 34.3 Å². The van der Waals surface area contributed by atoms with Crippen LogP contribution in [0, 0.1) is 0 Å². The van der Waals surface area contributed by atoms with E-state index in [1.54, 1.807) is 19.9 Å². The van der Waals surface area contributed by atoms with Crippen LogP contribution in [0.5, 0.6) is 23.0 Å². The Bertz CT molecular complexity index is 1960. The van der Waals surface area contributed by atoms with Crippen molar-refractivity contribution in [3.63, 3.8) is 0 Å². The van der Waals surface area contributed by atoms with Crippen LogP contribution >= 0.6 is 0 Å². The van der Waals surface area contributed by atoms with E-state index in [1.165, 1.54) is 38.1 Å². The fourth-order valence-electron chi connectivity index (χ4n) is 6.80. The molecule has 57 heavy (non-hydrogen) atoms. The van der Waals surface area contributed by atoms with Gasteiger partial charge in [0.1, 0.15) is 83.2 Å². The molecule has 2 aromatic carbocycles. The van der Waals surface area contributed by atoms with E-state index in [0.717, 1.165) is 11.6 Å². The summed E-state index contributed by atoms with van der Waals surface area (Å²) < 4.78 is 41.3. The van der Waals surface area contributed by atoms with Gasteiger partial charge in [0.2, 0.25) is 23.8 Å². The lowest BCUT2D eigenvalue weighted by molar-refractivity contribution is -0.352. The summed E-state index contributed by atoms with van der Waals surface area (Å²) in [4.78, 5) is 14.6. The zero-order valence-electron chi connectivity index (χ0n) is 31.2. The molecule has 314 valence electrons. The van der Waals surface area contributed by atoms with Gasteiger partial charge in [-0.25, -0.2) is 0 Å². The molecule has 3 aromatic rings. The van der Waals surface area contributed by atoms with Crippen molar-refractivity contribution in [1.29, 1.82) is 0 Å². The predicted octanol–water partition coefficient (Wildman–Crippen LogP) is -1.38. The monoisotopic (exact) mass is 808 g/mol. The van der Waals surface area contributed by atoms with E-state index in [4.69, 9.17) is 32.8 Å². The van der Waals surface area contributed by atoms with Gasteiger partial charge < -0.3 is 89.0 Å². The van der Waals surface area contributed by atoms with Crippen LogP contribution in [-0.2, 0) is 25.4 Å². The molecule has 0 bridgehead atoms. The number of phenolic OH excluding ortho intramolecular Hbond substituents is 2. The number of fused-ring (bicyclic) bond motifs is 1. The molecule has 3 aliphatic rings. The lowest BCUT2D eigenvalue weighted by Gasteiger charge is -2.45. The second-order valence-corrected chi connectivity index (χ2v) is 14.6. The minimum absolute atomic E-state index is 0.00401. The van der Waals surface area contributed by atoms with Crippen LogP contribution in [-0.4, -0.2) is 155 Å². The number of rotatable bonds is 10. The SMILES string of the molecule is CC(C)=CCc1c(OC2OC(CO)C(O)C(O)C2O)cc(O)c2c(=O)c(OC3OC(C)C(O)C(O)C3OC3OC(C)C(O)C(O)C3O)c(-c3ccc(O)cc3)oc12. The van der Waals surface area contributed by atoms with Gasteiger partial charge in [0.15, 0.2) is 18.2 Å². The first-order valence-corrected chi connectivity index (χ1v) is 18.2. The Labute approximate surface area is 324 Å². The molecule has 15 atom stereocenters. The Morgan fingerprint density at radius 2 is 1.33 bits per heavy atom. The summed E-state index contributed by atoms with van der Waals surface area (Å²) in [5, 5.41) is 115. The molecule has 0 radical (unpaired) electrons. The molecule has 19 nitrogen and oxygen atoms in total. The van der Waals surface area contributed by atoms with Gasteiger partial charge >= 0.3 is 0 Å². The van der Waals surface area contributed by atoms with Crippen LogP contribution in [0.3, 0.4) is 0 Å². The molecule has 3 aliphatic heterocycles. The van der Waals surface area contributed by atoms with Crippen LogP contribution in [0.15, 0.2) is 51.2 Å². The summed E-state index contributed by atoms with van der Waals surface area (Å²) >= 11 is 0. The number of aliphatic hydroxyl groups excluding tert-OH is 9. The highest BCUT2D eigenvalue weighted by molar-refractivity contribution is 5.91. The van der Waals surface area contributed by atoms with E-state index >= 15 is 0 Å². The Morgan fingerprint density at radius 1 is 0.737 bits per heavy atom. The van der Waals surface area contributed by atoms with E-state index in [0.29, 0.717) is 0 Å². The maximum absolute atomic E-state index is 14.6. The second-order valence-electron chi connectivity index (χ2n) is 14.6. The van der Waals surface area contributed by atoms with Crippen molar-refractivity contribution in [3.05, 3.63) is 57.8 Å². The van der Waals surface area contributed by atoms with E-state index in [2.05, 4.69) is 0 Å². The third-order valence-electron chi connectivity index (χ3n) is 10.2. The molecule has 6 rings (SSSR count). The first kappa shape index (κ1) is 42.7. The normalized spacial score (nSPS) is 35.8. The molecular formula is C38H48O19. The van der Waals surface area contributed by atoms with Gasteiger partial charge in [0.05, 0.1) is 18.8 Å². The zero-order valence-corrected chi connectivity index (χ0v) is 31.2. The van der Waals surface area contributed by atoms with Crippen molar-refractivity contribution < 1.29 is 89.0 Å². The molecule has 0 saturated carbocycles. The number of allylic oxidation sites excluding steroid dienone is 2.